The van der Waals surface area contributed by atoms with Gasteiger partial charge in [-0.15, -0.1) is 0 Å². The number of amides is 1. The lowest BCUT2D eigenvalue weighted by molar-refractivity contribution is -0.121. The highest BCUT2D eigenvalue weighted by Gasteiger charge is 2.25. The van der Waals surface area contributed by atoms with Gasteiger partial charge in [-0.2, -0.15) is 0 Å². The Morgan fingerprint density at radius 2 is 1.33 bits per heavy atom. The zero-order valence-corrected chi connectivity index (χ0v) is 24.8. The minimum absolute atomic E-state index is 0.0391. The smallest absolute Gasteiger partial charge is 0.330 e. The van der Waals surface area contributed by atoms with Crippen molar-refractivity contribution in [2.75, 3.05) is 26.5 Å². The second-order valence-corrected chi connectivity index (χ2v) is 12.2. The quantitative estimate of drug-likeness (QED) is 0.107. The van der Waals surface area contributed by atoms with Crippen molar-refractivity contribution in [3.8, 4) is 11.5 Å². The molecule has 2 unspecified atom stereocenters. The summed E-state index contributed by atoms with van der Waals surface area (Å²) in [7, 11) is -2.00. The lowest BCUT2D eigenvalue weighted by atomic mass is 10.1. The zero-order valence-electron chi connectivity index (χ0n) is 23.9. The molecule has 0 fully saturated rings. The number of ether oxygens (including phenoxy) is 2. The summed E-state index contributed by atoms with van der Waals surface area (Å²) in [5, 5.41) is 3.06. The minimum atomic E-state index is -3.39. The van der Waals surface area contributed by atoms with Crippen molar-refractivity contribution < 1.29 is 27.9 Å². The fraction of sp³-hybridized carbons (Fsp3) is 0.265. The molecule has 2 atom stereocenters. The lowest BCUT2D eigenvalue weighted by Crippen LogP contribution is -2.40. The molecule has 0 saturated heterocycles. The lowest BCUT2D eigenvalue weighted by Gasteiger charge is -2.23. The molecule has 1 N–H and O–H groups in total. The largest absolute Gasteiger partial charge is 0.494 e. The molecule has 220 valence electrons. The summed E-state index contributed by atoms with van der Waals surface area (Å²) < 4.78 is 36.1. The van der Waals surface area contributed by atoms with Crippen LogP contribution in [0.4, 0.5) is 0 Å². The third-order valence-electron chi connectivity index (χ3n) is 6.57. The van der Waals surface area contributed by atoms with Crippen LogP contribution >= 0.6 is 7.60 Å². The van der Waals surface area contributed by atoms with Crippen LogP contribution in [0.5, 0.6) is 11.5 Å². The predicted octanol–water partition coefficient (Wildman–Crippen LogP) is 6.86. The first-order chi connectivity index (χ1) is 20.5. The van der Waals surface area contributed by atoms with Crippen LogP contribution in [0.25, 0.3) is 0 Å². The van der Waals surface area contributed by atoms with Crippen molar-refractivity contribution in [2.24, 2.45) is 0 Å². The Kier molecular flexibility index (Phi) is 12.2. The Morgan fingerprint density at radius 1 is 0.738 bits per heavy atom. The van der Waals surface area contributed by atoms with Gasteiger partial charge in [0.25, 0.3) is 0 Å². The van der Waals surface area contributed by atoms with E-state index in [-0.39, 0.29) is 25.1 Å². The van der Waals surface area contributed by atoms with Crippen LogP contribution in [-0.2, 0) is 37.9 Å². The van der Waals surface area contributed by atoms with Crippen molar-refractivity contribution in [1.29, 1.82) is 0 Å². The van der Waals surface area contributed by atoms with Gasteiger partial charge in [-0.3, -0.25) is 9.36 Å². The molecule has 0 aliphatic rings. The minimum Gasteiger partial charge on any atom is -0.494 e. The summed E-state index contributed by atoms with van der Waals surface area (Å²) in [6, 6.07) is 36.3. The van der Waals surface area contributed by atoms with Crippen LogP contribution in [-0.4, -0.2) is 38.4 Å². The Morgan fingerprint density at radius 3 is 1.98 bits per heavy atom. The van der Waals surface area contributed by atoms with Crippen LogP contribution in [0.15, 0.2) is 115 Å². The van der Waals surface area contributed by atoms with Crippen LogP contribution in [0.3, 0.4) is 0 Å². The number of hydrogen-bond acceptors (Lipinski definition) is 6. The average molecular weight is 588 g/mol. The van der Waals surface area contributed by atoms with E-state index in [4.69, 9.17) is 18.5 Å². The molecule has 0 aliphatic carbocycles. The van der Waals surface area contributed by atoms with Crippen LogP contribution in [0.1, 0.15) is 23.1 Å². The molecule has 0 heterocycles. The maximum atomic E-state index is 13.3. The van der Waals surface area contributed by atoms with E-state index in [0.717, 1.165) is 28.2 Å². The fourth-order valence-corrected chi connectivity index (χ4v) is 5.68. The van der Waals surface area contributed by atoms with Gasteiger partial charge in [0.05, 0.1) is 31.8 Å². The topological polar surface area (TPSA) is 83.1 Å². The van der Waals surface area contributed by atoms with Gasteiger partial charge in [-0.25, -0.2) is 0 Å². The molecule has 0 aliphatic heterocycles. The molecule has 0 bridgehead atoms. The first-order valence-corrected chi connectivity index (χ1v) is 15.8. The van der Waals surface area contributed by atoms with Crippen molar-refractivity contribution in [3.63, 3.8) is 0 Å². The number of para-hydroxylation sites is 1. The molecule has 0 aromatic heterocycles. The Bertz CT molecular complexity index is 1380. The van der Waals surface area contributed by atoms with Crippen LogP contribution in [0, 0.1) is 0 Å². The molecular formula is C34H38NO6P. The number of carbonyl (C=O) groups excluding carboxylic acids is 1. The molecule has 0 saturated carbocycles. The summed E-state index contributed by atoms with van der Waals surface area (Å²) >= 11 is 0. The second-order valence-electron chi connectivity index (χ2n) is 9.88. The standard InChI is InChI=1S/C34H38NO6P/c1-38-42(37,23-11-22-39-32-16-9-4-10-17-32)41-27-31(35-34(36)25-28-12-5-2-6-13-28)24-29-18-20-33(21-19-29)40-26-30-14-7-3-8-15-30/h2-10,12-21,31H,11,22-27H2,1H3,(H,35,36). The Hall–Kier alpha value is -3.90. The van der Waals surface area contributed by atoms with E-state index < -0.39 is 13.6 Å². The first kappa shape index (κ1) is 31.0. The molecule has 0 radical (unpaired) electrons. The molecule has 7 nitrogen and oxygen atoms in total. The van der Waals surface area contributed by atoms with Gasteiger partial charge >= 0.3 is 7.60 Å². The van der Waals surface area contributed by atoms with Gasteiger partial charge in [-0.1, -0.05) is 91.0 Å². The molecule has 1 amide bonds. The molecule has 0 spiro atoms. The molecule has 4 aromatic rings. The van der Waals surface area contributed by atoms with E-state index in [2.05, 4.69) is 5.32 Å². The predicted molar refractivity (Wildman–Crippen MR) is 165 cm³/mol. The number of carbonyl (C=O) groups is 1. The van der Waals surface area contributed by atoms with E-state index >= 15 is 0 Å². The van der Waals surface area contributed by atoms with Crippen LogP contribution < -0.4 is 14.8 Å². The highest BCUT2D eigenvalue weighted by atomic mass is 31.2. The van der Waals surface area contributed by atoms with E-state index in [1.807, 2.05) is 115 Å². The van der Waals surface area contributed by atoms with Crippen LogP contribution in [0.2, 0.25) is 0 Å². The van der Waals surface area contributed by atoms with E-state index in [0.29, 0.717) is 26.1 Å². The number of rotatable bonds is 17. The SMILES string of the molecule is COP(=O)(CCCOc1ccccc1)OCC(Cc1ccc(OCc2ccccc2)cc1)NC(=O)Cc1ccccc1. The Labute approximate surface area is 248 Å². The van der Waals surface area contributed by atoms with Crippen molar-refractivity contribution in [3.05, 3.63) is 132 Å². The summed E-state index contributed by atoms with van der Waals surface area (Å²) in [5.74, 6) is 1.37. The van der Waals surface area contributed by atoms with Crippen molar-refractivity contribution in [2.45, 2.75) is 31.9 Å². The Balaban J connectivity index is 1.34. The number of hydrogen-bond donors (Lipinski definition) is 1. The van der Waals surface area contributed by atoms with Gasteiger partial charge in [0.1, 0.15) is 18.1 Å². The number of benzene rings is 4. The summed E-state index contributed by atoms with van der Waals surface area (Å²) in [6.45, 7) is 0.906. The third kappa shape index (κ3) is 10.8. The van der Waals surface area contributed by atoms with Crippen molar-refractivity contribution in [1.82, 2.24) is 5.32 Å². The molecule has 4 rings (SSSR count). The van der Waals surface area contributed by atoms with Crippen molar-refractivity contribution >= 4 is 13.5 Å². The molecule has 4 aromatic carbocycles. The van der Waals surface area contributed by atoms with Gasteiger partial charge < -0.3 is 23.8 Å². The van der Waals surface area contributed by atoms with Gasteiger partial charge in [0.2, 0.25) is 5.91 Å². The van der Waals surface area contributed by atoms with E-state index in [9.17, 15) is 9.36 Å². The van der Waals surface area contributed by atoms with Gasteiger partial charge in [-0.05, 0) is 53.8 Å². The maximum absolute atomic E-state index is 13.3. The highest BCUT2D eigenvalue weighted by Crippen LogP contribution is 2.48. The number of nitrogens with one attached hydrogen (secondary N) is 1. The fourth-order valence-electron chi connectivity index (χ4n) is 4.34. The summed E-state index contributed by atoms with van der Waals surface area (Å²) in [5.41, 5.74) is 2.99. The van der Waals surface area contributed by atoms with E-state index in [1.165, 1.54) is 7.11 Å². The third-order valence-corrected chi connectivity index (χ3v) is 8.53. The molecule has 42 heavy (non-hydrogen) atoms. The monoisotopic (exact) mass is 587 g/mol. The zero-order chi connectivity index (χ0) is 29.5. The summed E-state index contributed by atoms with van der Waals surface area (Å²) in [4.78, 5) is 12.9. The molecule has 8 heteroatoms. The highest BCUT2D eigenvalue weighted by molar-refractivity contribution is 7.53. The summed E-state index contributed by atoms with van der Waals surface area (Å²) in [6.07, 6.45) is 1.42. The van der Waals surface area contributed by atoms with Gasteiger partial charge in [0, 0.05) is 7.11 Å². The first-order valence-electron chi connectivity index (χ1n) is 14.1. The molecular weight excluding hydrogens is 549 g/mol. The van der Waals surface area contributed by atoms with E-state index in [1.54, 1.807) is 0 Å². The second kappa shape index (κ2) is 16.5. The average Bonchev–Trinajstić information content (AvgIpc) is 3.03. The normalized spacial score (nSPS) is 13.1. The maximum Gasteiger partial charge on any atom is 0.330 e. The van der Waals surface area contributed by atoms with Gasteiger partial charge in [0.15, 0.2) is 0 Å².